The van der Waals surface area contributed by atoms with Crippen LogP contribution in [-0.4, -0.2) is 6.71 Å². The molecule has 6 aromatic carbocycles. The van der Waals surface area contributed by atoms with Gasteiger partial charge in [0.25, 0.3) is 6.71 Å². The molecule has 0 bridgehead atoms. The third-order valence-electron chi connectivity index (χ3n) is 11.0. The first-order valence-electron chi connectivity index (χ1n) is 18.6. The molecule has 0 N–H and O–H groups in total. The van der Waals surface area contributed by atoms with Crippen molar-refractivity contribution in [1.29, 1.82) is 0 Å². The molecule has 0 unspecified atom stereocenters. The second-order valence-electron chi connectivity index (χ2n) is 17.7. The van der Waals surface area contributed by atoms with E-state index < -0.39 is 0 Å². The Morgan fingerprint density at radius 1 is 0.442 bits per heavy atom. The number of hydrogen-bond donors (Lipinski definition) is 1. The van der Waals surface area contributed by atoms with E-state index in [-0.39, 0.29) is 23.0 Å². The SMILES string of the molecule is CC(C)(C)c1ccc(N2c3ccc(C(C)(C)C)cc3B3c4cc(S)ccc4N(c4ccccc4-c4ccccc4)c4cc(C(C)(C)C)cc2c43)cc1. The lowest BCUT2D eigenvalue weighted by Gasteiger charge is -2.45. The largest absolute Gasteiger partial charge is 0.311 e. The van der Waals surface area contributed by atoms with Crippen LogP contribution in [0.3, 0.4) is 0 Å². The maximum Gasteiger partial charge on any atom is 0.252 e. The van der Waals surface area contributed by atoms with Crippen LogP contribution in [0.4, 0.5) is 34.1 Å². The van der Waals surface area contributed by atoms with Gasteiger partial charge in [-0.25, -0.2) is 0 Å². The van der Waals surface area contributed by atoms with E-state index in [2.05, 4.69) is 200 Å². The molecule has 0 radical (unpaired) electrons. The van der Waals surface area contributed by atoms with Crippen LogP contribution in [-0.2, 0) is 16.2 Å². The zero-order valence-electron chi connectivity index (χ0n) is 32.0. The van der Waals surface area contributed by atoms with Gasteiger partial charge in [-0.2, -0.15) is 0 Å². The first kappa shape index (κ1) is 34.4. The van der Waals surface area contributed by atoms with Gasteiger partial charge in [0.2, 0.25) is 0 Å². The Bertz CT molecular complexity index is 2320. The number of para-hydroxylation sites is 1. The summed E-state index contributed by atoms with van der Waals surface area (Å²) in [7, 11) is 0. The van der Waals surface area contributed by atoms with Crippen molar-refractivity contribution in [2.24, 2.45) is 0 Å². The third kappa shape index (κ3) is 5.76. The summed E-state index contributed by atoms with van der Waals surface area (Å²) in [5.41, 5.74) is 17.6. The highest BCUT2D eigenvalue weighted by atomic mass is 32.1. The van der Waals surface area contributed by atoms with Crippen molar-refractivity contribution in [3.63, 3.8) is 0 Å². The molecule has 2 aliphatic heterocycles. The molecule has 0 aliphatic carbocycles. The predicted molar refractivity (Wildman–Crippen MR) is 229 cm³/mol. The number of thiol groups is 1. The minimum absolute atomic E-state index is 0.00301. The maximum atomic E-state index is 4.98. The van der Waals surface area contributed by atoms with Crippen molar-refractivity contribution in [2.75, 3.05) is 9.80 Å². The Morgan fingerprint density at radius 2 is 0.981 bits per heavy atom. The van der Waals surface area contributed by atoms with Gasteiger partial charge in [0.1, 0.15) is 0 Å². The van der Waals surface area contributed by atoms with Crippen LogP contribution in [0.1, 0.15) is 79.0 Å². The molecular weight excluding hydrogens is 647 g/mol. The Morgan fingerprint density at radius 3 is 1.63 bits per heavy atom. The highest BCUT2D eigenvalue weighted by molar-refractivity contribution is 7.80. The fourth-order valence-electron chi connectivity index (χ4n) is 8.07. The highest BCUT2D eigenvalue weighted by Gasteiger charge is 2.45. The molecule has 8 rings (SSSR count). The fourth-order valence-corrected chi connectivity index (χ4v) is 8.28. The first-order chi connectivity index (χ1) is 24.6. The van der Waals surface area contributed by atoms with E-state index in [0.717, 1.165) is 4.90 Å². The molecule has 0 amide bonds. The van der Waals surface area contributed by atoms with Crippen LogP contribution in [0.2, 0.25) is 0 Å². The number of benzene rings is 6. The van der Waals surface area contributed by atoms with E-state index in [4.69, 9.17) is 12.6 Å². The zero-order valence-corrected chi connectivity index (χ0v) is 32.9. The van der Waals surface area contributed by atoms with Gasteiger partial charge in [-0.1, -0.05) is 141 Å². The molecule has 2 aliphatic rings. The van der Waals surface area contributed by atoms with Crippen LogP contribution in [0.25, 0.3) is 11.1 Å². The lowest BCUT2D eigenvalue weighted by Crippen LogP contribution is -2.61. The third-order valence-corrected chi connectivity index (χ3v) is 11.3. The molecule has 0 fully saturated rings. The molecule has 2 heterocycles. The summed E-state index contributed by atoms with van der Waals surface area (Å²) in [6, 6.07) is 47.9. The van der Waals surface area contributed by atoms with E-state index in [1.807, 2.05) is 0 Å². The topological polar surface area (TPSA) is 6.48 Å². The number of nitrogens with zero attached hydrogens (tertiary/aromatic N) is 2. The fraction of sp³-hybridized carbons (Fsp3) is 0.250. The summed E-state index contributed by atoms with van der Waals surface area (Å²) in [6.45, 7) is 20.8. The average molecular weight is 697 g/mol. The number of rotatable bonds is 3. The van der Waals surface area contributed by atoms with Crippen molar-refractivity contribution < 1.29 is 0 Å². The highest BCUT2D eigenvalue weighted by Crippen LogP contribution is 2.48. The van der Waals surface area contributed by atoms with Gasteiger partial charge in [-0.05, 0) is 103 Å². The molecule has 0 saturated heterocycles. The zero-order chi connectivity index (χ0) is 36.7. The number of fused-ring (bicyclic) bond motifs is 4. The van der Waals surface area contributed by atoms with E-state index >= 15 is 0 Å². The van der Waals surface area contributed by atoms with E-state index in [1.54, 1.807) is 0 Å². The summed E-state index contributed by atoms with van der Waals surface area (Å²) in [4.78, 5) is 6.05. The molecule has 4 heteroatoms. The van der Waals surface area contributed by atoms with Crippen molar-refractivity contribution in [1.82, 2.24) is 0 Å². The molecule has 0 saturated carbocycles. The van der Waals surface area contributed by atoms with Crippen LogP contribution < -0.4 is 26.2 Å². The maximum absolute atomic E-state index is 4.98. The molecule has 0 aromatic heterocycles. The second kappa shape index (κ2) is 12.2. The predicted octanol–water partition coefficient (Wildman–Crippen LogP) is 11.6. The molecule has 52 heavy (non-hydrogen) atoms. The Labute approximate surface area is 317 Å². The van der Waals surface area contributed by atoms with Crippen LogP contribution in [0, 0.1) is 0 Å². The lowest BCUT2D eigenvalue weighted by molar-refractivity contribution is 0.589. The average Bonchev–Trinajstić information content (AvgIpc) is 3.10. The van der Waals surface area contributed by atoms with Gasteiger partial charge in [-0.15, -0.1) is 12.6 Å². The van der Waals surface area contributed by atoms with Crippen LogP contribution in [0.5, 0.6) is 0 Å². The summed E-state index contributed by atoms with van der Waals surface area (Å²) >= 11 is 4.98. The van der Waals surface area contributed by atoms with E-state index in [0.29, 0.717) is 0 Å². The summed E-state index contributed by atoms with van der Waals surface area (Å²) in [5, 5.41) is 0. The van der Waals surface area contributed by atoms with Gasteiger partial charge < -0.3 is 9.80 Å². The molecule has 6 aromatic rings. The summed E-state index contributed by atoms with van der Waals surface area (Å²) < 4.78 is 0. The lowest BCUT2D eigenvalue weighted by atomic mass is 9.33. The standard InChI is InChI=1S/C48H49BN2S/c1-46(2,3)32-19-22-35(23-20-32)50-41-25-21-33(47(4,5)6)27-38(41)49-39-30-36(52)24-26-42(39)51(44-29-34(48(7,8)9)28-43(50)45(44)49)40-18-14-13-17-37(40)31-15-11-10-12-16-31/h10-30,52H,1-9H3. The normalized spacial score (nSPS) is 13.8. The molecule has 0 spiro atoms. The van der Waals surface area contributed by atoms with E-state index in [9.17, 15) is 0 Å². The van der Waals surface area contributed by atoms with Gasteiger partial charge >= 0.3 is 0 Å². The Hall–Kier alpha value is -4.67. The minimum Gasteiger partial charge on any atom is -0.311 e. The van der Waals surface area contributed by atoms with Gasteiger partial charge in [0.15, 0.2) is 0 Å². The first-order valence-corrected chi connectivity index (χ1v) is 19.1. The molecule has 2 nitrogen and oxygen atoms in total. The van der Waals surface area contributed by atoms with E-state index in [1.165, 1.54) is 78.3 Å². The Balaban J connectivity index is 1.50. The Kier molecular flexibility index (Phi) is 8.08. The van der Waals surface area contributed by atoms with Crippen molar-refractivity contribution in [3.8, 4) is 11.1 Å². The van der Waals surface area contributed by atoms with Crippen molar-refractivity contribution in [3.05, 3.63) is 144 Å². The second-order valence-corrected chi connectivity index (χ2v) is 18.2. The quantitative estimate of drug-likeness (QED) is 0.145. The molecule has 260 valence electrons. The number of hydrogen-bond acceptors (Lipinski definition) is 3. The van der Waals surface area contributed by atoms with Crippen molar-refractivity contribution >= 4 is 69.9 Å². The smallest absolute Gasteiger partial charge is 0.252 e. The monoisotopic (exact) mass is 696 g/mol. The van der Waals surface area contributed by atoms with Gasteiger partial charge in [-0.3, -0.25) is 0 Å². The minimum atomic E-state index is -0.0843. The van der Waals surface area contributed by atoms with Gasteiger partial charge in [0, 0.05) is 38.9 Å². The van der Waals surface area contributed by atoms with Crippen LogP contribution >= 0.6 is 12.6 Å². The van der Waals surface area contributed by atoms with Crippen LogP contribution in [0.15, 0.2) is 132 Å². The molecule has 0 atom stereocenters. The summed E-state index contributed by atoms with van der Waals surface area (Å²) in [5.74, 6) is 0. The van der Waals surface area contributed by atoms with Gasteiger partial charge in [0.05, 0.1) is 5.69 Å². The molecular formula is C48H49BN2S. The van der Waals surface area contributed by atoms with Crippen molar-refractivity contribution in [2.45, 2.75) is 83.5 Å². The summed E-state index contributed by atoms with van der Waals surface area (Å²) in [6.07, 6.45) is 0. The number of anilines is 6.